The van der Waals surface area contributed by atoms with Gasteiger partial charge in [0, 0.05) is 31.2 Å². The van der Waals surface area contributed by atoms with Gasteiger partial charge >= 0.3 is 0 Å². The van der Waals surface area contributed by atoms with Crippen molar-refractivity contribution in [2.45, 2.75) is 19.5 Å². The van der Waals surface area contributed by atoms with E-state index in [4.69, 9.17) is 0 Å². The molecule has 0 saturated carbocycles. The van der Waals surface area contributed by atoms with Crippen LogP contribution in [0, 0.1) is 0 Å². The van der Waals surface area contributed by atoms with Crippen molar-refractivity contribution in [1.82, 2.24) is 30.6 Å². The smallest absolute Gasteiger partial charge is 0.270 e. The Bertz CT molecular complexity index is 992. The van der Waals surface area contributed by atoms with Crippen LogP contribution < -0.4 is 10.6 Å². The van der Waals surface area contributed by atoms with Crippen molar-refractivity contribution < 1.29 is 14.4 Å². The fourth-order valence-corrected chi connectivity index (χ4v) is 3.01. The molecule has 0 aliphatic rings. The quantitative estimate of drug-likeness (QED) is 0.580. The maximum Gasteiger partial charge on any atom is 0.270 e. The first-order valence-electron chi connectivity index (χ1n) is 8.27. The molecule has 3 aromatic rings. The number of nitrogens with zero attached hydrogens (tertiary/aromatic N) is 4. The van der Waals surface area contributed by atoms with Gasteiger partial charge in [-0.05, 0) is 18.6 Å². The predicted molar refractivity (Wildman–Crippen MR) is 101 cm³/mol. The molecule has 0 radical (unpaired) electrons. The van der Waals surface area contributed by atoms with E-state index in [1.54, 1.807) is 25.4 Å². The Labute approximate surface area is 164 Å². The summed E-state index contributed by atoms with van der Waals surface area (Å²) in [7, 11) is 0. The Morgan fingerprint density at radius 2 is 1.96 bits per heavy atom. The van der Waals surface area contributed by atoms with Crippen molar-refractivity contribution >= 4 is 29.4 Å². The third-order valence-corrected chi connectivity index (χ3v) is 4.79. The summed E-state index contributed by atoms with van der Waals surface area (Å²) in [6.45, 7) is 2.03. The van der Waals surface area contributed by atoms with E-state index in [9.17, 15) is 14.4 Å². The van der Waals surface area contributed by atoms with Crippen LogP contribution >= 0.6 is 11.3 Å². The predicted octanol–water partition coefficient (Wildman–Crippen LogP) is 1.56. The highest BCUT2D eigenvalue weighted by Gasteiger charge is 2.17. The number of carbonyl (C=O) groups excluding carboxylic acids is 3. The molecule has 28 heavy (non-hydrogen) atoms. The Balaban J connectivity index is 1.63. The van der Waals surface area contributed by atoms with E-state index in [1.807, 2.05) is 6.07 Å². The highest BCUT2D eigenvalue weighted by molar-refractivity contribution is 7.13. The number of carbonyl (C=O) groups is 3. The lowest BCUT2D eigenvalue weighted by molar-refractivity contribution is 0.0934. The Hall–Kier alpha value is -3.53. The molecule has 10 heteroatoms. The zero-order chi connectivity index (χ0) is 19.9. The molecule has 2 amide bonds. The van der Waals surface area contributed by atoms with Crippen molar-refractivity contribution in [1.29, 1.82) is 0 Å². The van der Waals surface area contributed by atoms with Gasteiger partial charge in [-0.2, -0.15) is 0 Å². The Morgan fingerprint density at radius 1 is 1.18 bits per heavy atom. The Kier molecular flexibility index (Phi) is 6.12. The van der Waals surface area contributed by atoms with Gasteiger partial charge in [-0.1, -0.05) is 6.07 Å². The lowest BCUT2D eigenvalue weighted by atomic mass is 10.2. The first kappa shape index (κ1) is 19.2. The van der Waals surface area contributed by atoms with Gasteiger partial charge in [0.15, 0.2) is 6.29 Å². The summed E-state index contributed by atoms with van der Waals surface area (Å²) in [5.74, 6) is -0.900. The van der Waals surface area contributed by atoms with E-state index in [2.05, 4.69) is 30.6 Å². The SMILES string of the molecule is CC(NC(=O)c1cc(C(=O)NCc2cccnc2)ncn1)c1ncc(C=O)s1. The van der Waals surface area contributed by atoms with Gasteiger partial charge in [0.25, 0.3) is 11.8 Å². The highest BCUT2D eigenvalue weighted by atomic mass is 32.1. The molecule has 0 saturated heterocycles. The minimum absolute atomic E-state index is 0.0561. The van der Waals surface area contributed by atoms with Crippen LogP contribution in [0.2, 0.25) is 0 Å². The Morgan fingerprint density at radius 3 is 2.64 bits per heavy atom. The molecule has 3 aromatic heterocycles. The highest BCUT2D eigenvalue weighted by Crippen LogP contribution is 2.18. The number of pyridine rings is 1. The molecule has 0 spiro atoms. The van der Waals surface area contributed by atoms with Crippen molar-refractivity contribution in [3.05, 3.63) is 70.0 Å². The molecule has 0 aromatic carbocycles. The number of thiazole rings is 1. The fraction of sp³-hybridized carbons (Fsp3) is 0.167. The second kappa shape index (κ2) is 8.91. The molecule has 0 aliphatic carbocycles. The average Bonchev–Trinajstić information content (AvgIpc) is 3.22. The van der Waals surface area contributed by atoms with Crippen molar-refractivity contribution in [2.75, 3.05) is 0 Å². The van der Waals surface area contributed by atoms with E-state index < -0.39 is 17.9 Å². The molecule has 0 bridgehead atoms. The molecular weight excluding hydrogens is 380 g/mol. The molecule has 3 rings (SSSR count). The standard InChI is InChI=1S/C18H16N6O3S/c1-11(18-21-8-13(9-25)28-18)24-17(27)15-5-14(22-10-23-15)16(26)20-7-12-3-2-4-19-6-12/h2-6,8-11H,7H2,1H3,(H,20,26)(H,24,27). The van der Waals surface area contributed by atoms with Gasteiger partial charge in [0.1, 0.15) is 22.7 Å². The van der Waals surface area contributed by atoms with Crippen LogP contribution in [-0.4, -0.2) is 38.0 Å². The lowest BCUT2D eigenvalue weighted by Crippen LogP contribution is -2.29. The van der Waals surface area contributed by atoms with Crippen LogP contribution in [0.5, 0.6) is 0 Å². The lowest BCUT2D eigenvalue weighted by Gasteiger charge is -2.11. The monoisotopic (exact) mass is 396 g/mol. The van der Waals surface area contributed by atoms with Crippen LogP contribution in [0.4, 0.5) is 0 Å². The number of rotatable bonds is 7. The number of aromatic nitrogens is 4. The summed E-state index contributed by atoms with van der Waals surface area (Å²) in [5.41, 5.74) is 0.976. The van der Waals surface area contributed by atoms with Gasteiger partial charge in [-0.3, -0.25) is 19.4 Å². The van der Waals surface area contributed by atoms with E-state index in [1.165, 1.54) is 23.6 Å². The molecule has 1 atom stereocenters. The molecule has 0 fully saturated rings. The normalized spacial score (nSPS) is 11.5. The zero-order valence-electron chi connectivity index (χ0n) is 14.8. The summed E-state index contributed by atoms with van der Waals surface area (Å²) >= 11 is 1.19. The van der Waals surface area contributed by atoms with Crippen LogP contribution in [0.25, 0.3) is 0 Å². The molecule has 142 valence electrons. The second-order valence-electron chi connectivity index (χ2n) is 5.75. The van der Waals surface area contributed by atoms with E-state index in [0.29, 0.717) is 22.7 Å². The van der Waals surface area contributed by atoms with Crippen LogP contribution in [0.1, 0.15) is 54.2 Å². The maximum atomic E-state index is 12.4. The number of amides is 2. The molecule has 0 aliphatic heterocycles. The van der Waals surface area contributed by atoms with Crippen LogP contribution in [0.15, 0.2) is 43.1 Å². The van der Waals surface area contributed by atoms with Crippen molar-refractivity contribution in [3.63, 3.8) is 0 Å². The van der Waals surface area contributed by atoms with Gasteiger partial charge < -0.3 is 10.6 Å². The van der Waals surface area contributed by atoms with Gasteiger partial charge in [0.2, 0.25) is 0 Å². The van der Waals surface area contributed by atoms with E-state index >= 15 is 0 Å². The van der Waals surface area contributed by atoms with E-state index in [-0.39, 0.29) is 11.4 Å². The first-order chi connectivity index (χ1) is 13.6. The molecule has 9 nitrogen and oxygen atoms in total. The van der Waals surface area contributed by atoms with Gasteiger partial charge in [-0.25, -0.2) is 15.0 Å². The van der Waals surface area contributed by atoms with Crippen LogP contribution in [0.3, 0.4) is 0 Å². The maximum absolute atomic E-state index is 12.4. The minimum atomic E-state index is -0.473. The molecule has 2 N–H and O–H groups in total. The fourth-order valence-electron chi connectivity index (χ4n) is 2.27. The number of nitrogens with one attached hydrogen (secondary N) is 2. The van der Waals surface area contributed by atoms with Crippen LogP contribution in [-0.2, 0) is 6.54 Å². The summed E-state index contributed by atoms with van der Waals surface area (Å²) in [5, 5.41) is 6.05. The summed E-state index contributed by atoms with van der Waals surface area (Å²) in [6, 6.07) is 4.52. The molecule has 3 heterocycles. The zero-order valence-corrected chi connectivity index (χ0v) is 15.6. The van der Waals surface area contributed by atoms with E-state index in [0.717, 1.165) is 11.9 Å². The third kappa shape index (κ3) is 4.80. The van der Waals surface area contributed by atoms with Gasteiger partial charge in [-0.15, -0.1) is 11.3 Å². The topological polar surface area (TPSA) is 127 Å². The summed E-state index contributed by atoms with van der Waals surface area (Å²) < 4.78 is 0. The van der Waals surface area contributed by atoms with Crippen molar-refractivity contribution in [3.8, 4) is 0 Å². The third-order valence-electron chi connectivity index (χ3n) is 3.68. The number of hydrogen-bond donors (Lipinski definition) is 2. The van der Waals surface area contributed by atoms with Crippen molar-refractivity contribution in [2.24, 2.45) is 0 Å². The van der Waals surface area contributed by atoms with Gasteiger partial charge in [0.05, 0.1) is 10.9 Å². The first-order valence-corrected chi connectivity index (χ1v) is 9.09. The summed E-state index contributed by atoms with van der Waals surface area (Å²) in [6.07, 6.45) is 6.61. The minimum Gasteiger partial charge on any atom is -0.347 e. The largest absolute Gasteiger partial charge is 0.347 e. The second-order valence-corrected chi connectivity index (χ2v) is 6.84. The number of aldehydes is 1. The average molecular weight is 396 g/mol. The molecular formula is C18H16N6O3S. The molecule has 1 unspecified atom stereocenters. The number of hydrogen-bond acceptors (Lipinski definition) is 8. The summed E-state index contributed by atoms with van der Waals surface area (Å²) in [4.78, 5) is 51.9.